The second-order valence-corrected chi connectivity index (χ2v) is 42.5. The topological polar surface area (TPSA) is 353 Å². The second-order valence-electron chi connectivity index (χ2n) is 42.1. The number of rotatable bonds is 49. The number of carbonyl (C=O) groups excluding carboxylic acids is 7. The summed E-state index contributed by atoms with van der Waals surface area (Å²) in [7, 11) is 0. The normalized spacial score (nSPS) is 20.6. The van der Waals surface area contributed by atoms with E-state index >= 15 is 0 Å². The Kier molecular flexibility index (Phi) is 61.2. The Bertz CT molecular complexity index is 3640. The second kappa shape index (κ2) is 61.8. The van der Waals surface area contributed by atoms with Gasteiger partial charge < -0.3 is 83.1 Å². The first kappa shape index (κ1) is 138. The van der Waals surface area contributed by atoms with Gasteiger partial charge in [-0.1, -0.05) is 234 Å². The van der Waals surface area contributed by atoms with Crippen molar-refractivity contribution in [2.45, 2.75) is 430 Å². The largest absolute Gasteiger partial charge is 0.463 e. The third kappa shape index (κ3) is 48.1. The molecule has 4 fully saturated rings. The molecule has 14 atom stereocenters. The Morgan fingerprint density at radius 1 is 0.468 bits per heavy atom. The maximum absolute atomic E-state index is 13.5. The van der Waals surface area contributed by atoms with Crippen LogP contribution in [-0.4, -0.2) is 237 Å². The number of aliphatic hydroxyl groups is 7. The van der Waals surface area contributed by atoms with Crippen molar-refractivity contribution < 1.29 is 174 Å². The van der Waals surface area contributed by atoms with E-state index in [4.69, 9.17) is 49.5 Å². The fourth-order valence-electron chi connectivity index (χ4n) is 13.5. The van der Waals surface area contributed by atoms with E-state index in [1.54, 1.807) is 111 Å². The van der Waals surface area contributed by atoms with E-state index in [2.05, 4.69) is 51.0 Å². The van der Waals surface area contributed by atoms with Gasteiger partial charge in [0.05, 0.1) is 79.1 Å². The number of fused-ring (bicyclic) bond motifs is 2. The number of halogens is 14. The van der Waals surface area contributed by atoms with E-state index in [-0.39, 0.29) is 127 Å². The van der Waals surface area contributed by atoms with Crippen molar-refractivity contribution in [3.8, 4) is 0 Å². The molecule has 38 heteroatoms. The summed E-state index contributed by atoms with van der Waals surface area (Å²) in [6.07, 6.45) is 4.03. The fraction of sp³-hybridized carbons (Fsp3) is 0.871. The summed E-state index contributed by atoms with van der Waals surface area (Å²) in [6, 6.07) is 7.85. The van der Waals surface area contributed by atoms with E-state index in [9.17, 15) is 126 Å². The lowest BCUT2D eigenvalue weighted by atomic mass is 9.43. The summed E-state index contributed by atoms with van der Waals surface area (Å²) in [5.74, 6) is -39.2. The van der Waals surface area contributed by atoms with E-state index in [0.717, 1.165) is 82.1 Å². The van der Waals surface area contributed by atoms with Gasteiger partial charge in [0.1, 0.15) is 73.2 Å². The van der Waals surface area contributed by atoms with Gasteiger partial charge in [0, 0.05) is 24.7 Å². The minimum Gasteiger partial charge on any atom is -0.463 e. The predicted molar refractivity (Wildman–Crippen MR) is 504 cm³/mol. The molecule has 0 amide bonds. The molecule has 4 saturated carbocycles. The van der Waals surface area contributed by atoms with Gasteiger partial charge in [0.15, 0.2) is 0 Å². The van der Waals surface area contributed by atoms with Crippen LogP contribution in [0, 0.1) is 75.9 Å². The van der Waals surface area contributed by atoms with Crippen LogP contribution in [0.2, 0.25) is 5.02 Å². The molecule has 14 unspecified atom stereocenters. The Labute approximate surface area is 823 Å². The molecule has 5 rings (SSSR count). The van der Waals surface area contributed by atoms with Gasteiger partial charge in [0.2, 0.25) is 0 Å². The average molecular weight is 2050 g/mol. The van der Waals surface area contributed by atoms with Gasteiger partial charge >= 0.3 is 77.6 Å². The SMILES string of the molecule is CC(C)C(=O)OC(C)C(C)(C)O.CC(C)C(=O)OC1CC2CC(C2(C)C)C1(C)O.CC(C)C(=O)OC1CCCCC1(C)O.CC(C)C(=O)OCC(O)(CCCCc1ccc(Cl)cc1)C(C)(C)C.CC(C)C(=O)OCC(O)COCCC(F)(F)C(F)(F)C(F)(F)C(F)(F)C(F)(F)C(F)(F)F.CCCCC(CC)COCC(C)(O)COC(=O)C(C)C.CCCCC(CC)COCC(O)C(C)OC(=O)C(C)C. The molecule has 0 aromatic heterocycles. The van der Waals surface area contributed by atoms with Gasteiger partial charge in [-0.05, 0) is 165 Å². The molecule has 4 aliphatic rings. The molecule has 0 spiro atoms. The van der Waals surface area contributed by atoms with Crippen LogP contribution in [0.4, 0.5) is 57.1 Å². The van der Waals surface area contributed by atoms with Crippen molar-refractivity contribution in [3.63, 3.8) is 0 Å². The zero-order valence-electron chi connectivity index (χ0n) is 88.3. The Morgan fingerprint density at radius 2 is 0.899 bits per heavy atom. The highest BCUT2D eigenvalue weighted by Crippen LogP contribution is 2.64. The first-order chi connectivity index (χ1) is 63.1. The minimum atomic E-state index is -7.96. The molecule has 4 aliphatic carbocycles. The number of hydrogen-bond acceptors (Lipinski definition) is 24. The average Bonchev–Trinajstić information content (AvgIpc) is 0.380. The van der Waals surface area contributed by atoms with Crippen molar-refractivity contribution in [1.29, 1.82) is 0 Å². The van der Waals surface area contributed by atoms with Crippen LogP contribution in [-0.2, 0) is 87.4 Å². The van der Waals surface area contributed by atoms with Crippen molar-refractivity contribution in [2.75, 3.05) is 59.5 Å². The Balaban J connectivity index is -0.00000158. The number of unbranched alkanes of at least 4 members (excludes halogenated alkanes) is 3. The van der Waals surface area contributed by atoms with Crippen LogP contribution in [0.3, 0.4) is 0 Å². The number of carbonyl (C=O) groups is 7. The smallest absolute Gasteiger partial charge is 0.460 e. The molecular weight excluding hydrogens is 1880 g/mol. The summed E-state index contributed by atoms with van der Waals surface area (Å²) < 4.78 is 219. The van der Waals surface area contributed by atoms with Crippen molar-refractivity contribution in [2.24, 2.45) is 75.9 Å². The maximum Gasteiger partial charge on any atom is 0.460 e. The first-order valence-electron chi connectivity index (χ1n) is 48.8. The summed E-state index contributed by atoms with van der Waals surface area (Å²) >= 11 is 5.89. The van der Waals surface area contributed by atoms with Gasteiger partial charge in [-0.25, -0.2) is 0 Å². The van der Waals surface area contributed by atoms with Crippen molar-refractivity contribution >= 4 is 53.4 Å². The predicted octanol–water partition coefficient (Wildman–Crippen LogP) is 21.7. The van der Waals surface area contributed by atoms with E-state index in [1.165, 1.54) is 51.5 Å². The number of ether oxygens (including phenoxy) is 10. The third-order valence-electron chi connectivity index (χ3n) is 24.7. The minimum absolute atomic E-state index is 0.0181. The number of aliphatic hydroxyl groups excluding tert-OH is 2. The molecule has 7 N–H and O–H groups in total. The summed E-state index contributed by atoms with van der Waals surface area (Å²) in [5, 5.41) is 71.2. The number of alkyl halides is 13. The monoisotopic (exact) mass is 2050 g/mol. The van der Waals surface area contributed by atoms with Crippen LogP contribution >= 0.6 is 11.6 Å². The molecule has 0 heterocycles. The number of benzene rings is 1. The van der Waals surface area contributed by atoms with Gasteiger partial charge in [0.25, 0.3) is 0 Å². The number of hydrogen-bond donors (Lipinski definition) is 7. The summed E-state index contributed by atoms with van der Waals surface area (Å²) in [5.41, 5.74) is -3.74. The van der Waals surface area contributed by atoms with Gasteiger partial charge in [-0.2, -0.15) is 57.1 Å². The summed E-state index contributed by atoms with van der Waals surface area (Å²) in [6.45, 7) is 53.5. The van der Waals surface area contributed by atoms with Crippen LogP contribution < -0.4 is 0 Å². The van der Waals surface area contributed by atoms with E-state index in [1.807, 2.05) is 65.8 Å². The zero-order chi connectivity index (χ0) is 109. The third-order valence-corrected chi connectivity index (χ3v) is 25.0. The molecule has 0 radical (unpaired) electrons. The standard InChI is InChI=1S/C20H31ClO3.2C16H32O4.C15H17F13O4.C14H24O3.C11H20O3.C9H18O3/c1-15(2)18(22)24-14-20(23,19(3,4)5)13-7-6-8-16-9-11-17(21)12-10-16;1-6-8-9-14(7-2)10-19-11-16(5,18)12-20-15(17)13(3)4;1-6-8-9-14(7-2)10-19-11-15(17)13(5)20-16(18)12(3)4;1-7(2)9(30)32-6-8(29)5-31-4-3-10(16,17)11(18,19)12(20,21)13(22,23)14(24,25)15(26,27)28;1-8(2)12(15)17-11-7-9-6-10(13(9,3)4)14(11,5)16;1-8(2)10(12)14-9-6-4-5-7-11(9,3)13;1-6(2)8(10)12-7(3)9(4,5)11/h9-12,15,23H,6-8,13-14H2,1-5H3;13-14,18H,6-12H2,1-5H3;12-15,17H,6-11H2,1-5H3;7-8,29H,3-6H2,1-2H3;8-11,16H,6-7H2,1-5H3;8-9,13H,4-7H2,1-3H3;6-7,11H,1-5H3. The molecular formula is C101H174ClF13O24. The maximum atomic E-state index is 13.5. The van der Waals surface area contributed by atoms with E-state index < -0.39 is 126 Å². The summed E-state index contributed by atoms with van der Waals surface area (Å²) in [4.78, 5) is 79.7. The molecule has 820 valence electrons. The Morgan fingerprint density at radius 3 is 1.31 bits per heavy atom. The molecule has 1 aromatic carbocycles. The van der Waals surface area contributed by atoms with E-state index in [0.29, 0.717) is 37.4 Å². The molecule has 24 nitrogen and oxygen atoms in total. The lowest BCUT2D eigenvalue weighted by molar-refractivity contribution is -0.440. The number of esters is 7. The highest BCUT2D eigenvalue weighted by atomic mass is 35.5. The zero-order valence-corrected chi connectivity index (χ0v) is 89.0. The van der Waals surface area contributed by atoms with Crippen LogP contribution in [0.1, 0.15) is 329 Å². The molecule has 0 saturated heterocycles. The van der Waals surface area contributed by atoms with Crippen LogP contribution in [0.15, 0.2) is 24.3 Å². The van der Waals surface area contributed by atoms with Crippen molar-refractivity contribution in [1.82, 2.24) is 0 Å². The highest BCUT2D eigenvalue weighted by molar-refractivity contribution is 6.30. The molecule has 1 aromatic rings. The van der Waals surface area contributed by atoms with Crippen LogP contribution in [0.5, 0.6) is 0 Å². The van der Waals surface area contributed by atoms with Gasteiger partial charge in [-0.15, -0.1) is 0 Å². The highest BCUT2D eigenvalue weighted by Gasteiger charge is 2.90. The molecule has 2 bridgehead atoms. The lowest BCUT2D eigenvalue weighted by Crippen LogP contribution is -2.70. The van der Waals surface area contributed by atoms with Crippen LogP contribution in [0.25, 0.3) is 0 Å². The lowest BCUT2D eigenvalue weighted by Gasteiger charge is -2.64. The first-order valence-corrected chi connectivity index (χ1v) is 49.2. The van der Waals surface area contributed by atoms with Crippen molar-refractivity contribution in [3.05, 3.63) is 34.9 Å². The fourth-order valence-corrected chi connectivity index (χ4v) is 13.7. The quantitative estimate of drug-likeness (QED) is 0.0138. The molecule has 0 aliphatic heterocycles. The number of aryl methyl sites for hydroxylation is 1. The molecule has 139 heavy (non-hydrogen) atoms. The Hall–Kier alpha value is -5.51. The van der Waals surface area contributed by atoms with Gasteiger partial charge in [-0.3, -0.25) is 33.6 Å².